The Kier molecular flexibility index (Phi) is 5.54. The highest BCUT2D eigenvalue weighted by Gasteiger charge is 2.19. The molecule has 2 amide bonds. The molecule has 0 unspecified atom stereocenters. The van der Waals surface area contributed by atoms with Gasteiger partial charge in [0, 0.05) is 6.54 Å². The maximum atomic E-state index is 13.3. The van der Waals surface area contributed by atoms with Crippen LogP contribution in [0.4, 0.5) is 13.2 Å². The van der Waals surface area contributed by atoms with Crippen LogP contribution in [0.5, 0.6) is 0 Å². The topological polar surface area (TPSA) is 58.2 Å². The van der Waals surface area contributed by atoms with Crippen molar-refractivity contribution in [3.63, 3.8) is 0 Å². The molecule has 0 atom stereocenters. The first-order valence-corrected chi connectivity index (χ1v) is 6.01. The first-order chi connectivity index (χ1) is 9.32. The van der Waals surface area contributed by atoms with E-state index in [0.29, 0.717) is 12.6 Å². The Bertz CT molecular complexity index is 519. The molecular weight excluding hydrogens is 273 g/mol. The molecule has 4 nitrogen and oxygen atoms in total. The van der Waals surface area contributed by atoms with Crippen molar-refractivity contribution in [2.24, 2.45) is 5.92 Å². The van der Waals surface area contributed by atoms with Gasteiger partial charge in [-0.3, -0.25) is 9.59 Å². The molecule has 0 aliphatic rings. The van der Waals surface area contributed by atoms with Crippen molar-refractivity contribution in [1.82, 2.24) is 10.6 Å². The van der Waals surface area contributed by atoms with Crippen LogP contribution in [0.2, 0.25) is 0 Å². The largest absolute Gasteiger partial charge is 0.354 e. The number of amides is 2. The van der Waals surface area contributed by atoms with Crippen molar-refractivity contribution in [1.29, 1.82) is 0 Å². The van der Waals surface area contributed by atoms with E-state index in [4.69, 9.17) is 0 Å². The monoisotopic (exact) mass is 288 g/mol. The number of halogens is 3. The van der Waals surface area contributed by atoms with Crippen molar-refractivity contribution < 1.29 is 22.8 Å². The lowest BCUT2D eigenvalue weighted by atomic mass is 10.2. The Labute approximate surface area is 114 Å². The summed E-state index contributed by atoms with van der Waals surface area (Å²) in [7, 11) is 0. The molecule has 2 N–H and O–H groups in total. The summed E-state index contributed by atoms with van der Waals surface area (Å²) in [5.41, 5.74) is -0.652. The molecular formula is C13H15F3N2O2. The lowest BCUT2D eigenvalue weighted by Crippen LogP contribution is -2.38. The second-order valence-corrected chi connectivity index (χ2v) is 4.60. The molecule has 0 bridgehead atoms. The van der Waals surface area contributed by atoms with Gasteiger partial charge in [0.1, 0.15) is 0 Å². The van der Waals surface area contributed by atoms with Crippen LogP contribution in [0.25, 0.3) is 0 Å². The Morgan fingerprint density at radius 3 is 2.35 bits per heavy atom. The van der Waals surface area contributed by atoms with Crippen molar-refractivity contribution in [3.05, 3.63) is 35.1 Å². The molecule has 0 aliphatic heterocycles. The zero-order valence-corrected chi connectivity index (χ0v) is 11.1. The number of hydrogen-bond donors (Lipinski definition) is 2. The lowest BCUT2D eigenvalue weighted by molar-refractivity contribution is -0.120. The molecule has 0 aliphatic carbocycles. The molecule has 20 heavy (non-hydrogen) atoms. The molecule has 1 aromatic rings. The molecule has 0 spiro atoms. The van der Waals surface area contributed by atoms with Gasteiger partial charge in [-0.05, 0) is 18.1 Å². The fraction of sp³-hybridized carbons (Fsp3) is 0.385. The van der Waals surface area contributed by atoms with Gasteiger partial charge in [-0.1, -0.05) is 13.8 Å². The fourth-order valence-corrected chi connectivity index (χ4v) is 1.34. The number of carbonyl (C=O) groups excluding carboxylic acids is 2. The van der Waals surface area contributed by atoms with Crippen LogP contribution in [-0.2, 0) is 4.79 Å². The van der Waals surface area contributed by atoms with E-state index >= 15 is 0 Å². The van der Waals surface area contributed by atoms with E-state index in [0.717, 1.165) is 6.07 Å². The average Bonchev–Trinajstić information content (AvgIpc) is 2.40. The van der Waals surface area contributed by atoms with Crippen LogP contribution in [0.3, 0.4) is 0 Å². The second-order valence-electron chi connectivity index (χ2n) is 4.60. The molecule has 0 heterocycles. The Balaban J connectivity index is 2.60. The molecule has 110 valence electrons. The smallest absolute Gasteiger partial charge is 0.254 e. The van der Waals surface area contributed by atoms with E-state index in [1.54, 1.807) is 0 Å². The van der Waals surface area contributed by atoms with Gasteiger partial charge in [0.25, 0.3) is 5.91 Å². The maximum absolute atomic E-state index is 13.3. The molecule has 0 radical (unpaired) electrons. The molecule has 0 fully saturated rings. The van der Waals surface area contributed by atoms with Gasteiger partial charge in [-0.15, -0.1) is 0 Å². The minimum absolute atomic E-state index is 0.248. The van der Waals surface area contributed by atoms with Crippen LogP contribution in [0.1, 0.15) is 24.2 Å². The van der Waals surface area contributed by atoms with Gasteiger partial charge in [-0.25, -0.2) is 13.2 Å². The zero-order chi connectivity index (χ0) is 15.3. The number of rotatable bonds is 5. The van der Waals surface area contributed by atoms with Gasteiger partial charge < -0.3 is 10.6 Å². The highest BCUT2D eigenvalue weighted by atomic mass is 19.2. The average molecular weight is 288 g/mol. The summed E-state index contributed by atoms with van der Waals surface area (Å²) in [6.45, 7) is 3.86. The summed E-state index contributed by atoms with van der Waals surface area (Å²) in [5.74, 6) is -5.87. The third-order valence-electron chi connectivity index (χ3n) is 2.40. The van der Waals surface area contributed by atoms with E-state index in [1.165, 1.54) is 0 Å². The van der Waals surface area contributed by atoms with Crippen LogP contribution < -0.4 is 10.6 Å². The van der Waals surface area contributed by atoms with Crippen molar-refractivity contribution >= 4 is 11.8 Å². The predicted octanol–water partition coefficient (Wildman–Crippen LogP) is 1.61. The van der Waals surface area contributed by atoms with E-state index < -0.39 is 34.8 Å². The van der Waals surface area contributed by atoms with Gasteiger partial charge in [0.05, 0.1) is 12.1 Å². The van der Waals surface area contributed by atoms with Gasteiger partial charge in [0.15, 0.2) is 17.5 Å². The quantitative estimate of drug-likeness (QED) is 0.809. The molecule has 0 aromatic heterocycles. The zero-order valence-electron chi connectivity index (χ0n) is 11.1. The van der Waals surface area contributed by atoms with Crippen molar-refractivity contribution in [2.75, 3.05) is 13.1 Å². The number of carbonyl (C=O) groups is 2. The number of nitrogens with one attached hydrogen (secondary N) is 2. The molecule has 7 heteroatoms. The van der Waals surface area contributed by atoms with E-state index in [1.807, 2.05) is 13.8 Å². The minimum atomic E-state index is -1.72. The van der Waals surface area contributed by atoms with E-state index in [2.05, 4.69) is 10.6 Å². The van der Waals surface area contributed by atoms with E-state index in [-0.39, 0.29) is 12.5 Å². The molecule has 0 saturated carbocycles. The Morgan fingerprint density at radius 2 is 1.75 bits per heavy atom. The van der Waals surface area contributed by atoms with Crippen LogP contribution in [0, 0.1) is 23.4 Å². The van der Waals surface area contributed by atoms with E-state index in [9.17, 15) is 22.8 Å². The normalized spacial score (nSPS) is 10.5. The lowest BCUT2D eigenvalue weighted by Gasteiger charge is -2.09. The summed E-state index contributed by atoms with van der Waals surface area (Å²) in [6, 6.07) is 1.46. The number of benzene rings is 1. The van der Waals surface area contributed by atoms with Crippen molar-refractivity contribution in [3.8, 4) is 0 Å². The van der Waals surface area contributed by atoms with Gasteiger partial charge >= 0.3 is 0 Å². The second kappa shape index (κ2) is 6.93. The third kappa shape index (κ3) is 4.25. The molecule has 0 saturated heterocycles. The summed E-state index contributed by atoms with van der Waals surface area (Å²) >= 11 is 0. The fourth-order valence-electron chi connectivity index (χ4n) is 1.34. The molecule has 1 aromatic carbocycles. The standard InChI is InChI=1S/C13H15F3N2O2/c1-7(2)5-17-10(19)6-18-13(20)8-3-4-9(14)12(16)11(8)15/h3-4,7H,5-6H2,1-2H3,(H,17,19)(H,18,20). The highest BCUT2D eigenvalue weighted by molar-refractivity contribution is 5.96. The third-order valence-corrected chi connectivity index (χ3v) is 2.40. The van der Waals surface area contributed by atoms with Gasteiger partial charge in [-0.2, -0.15) is 0 Å². The van der Waals surface area contributed by atoms with Crippen LogP contribution >= 0.6 is 0 Å². The van der Waals surface area contributed by atoms with Gasteiger partial charge in [0.2, 0.25) is 5.91 Å². The Morgan fingerprint density at radius 1 is 1.10 bits per heavy atom. The maximum Gasteiger partial charge on any atom is 0.254 e. The van der Waals surface area contributed by atoms with Crippen LogP contribution in [0.15, 0.2) is 12.1 Å². The first-order valence-electron chi connectivity index (χ1n) is 6.01. The summed E-state index contributed by atoms with van der Waals surface area (Å²) in [4.78, 5) is 22.9. The van der Waals surface area contributed by atoms with Crippen LogP contribution in [-0.4, -0.2) is 24.9 Å². The SMILES string of the molecule is CC(C)CNC(=O)CNC(=O)c1ccc(F)c(F)c1F. The Hall–Kier alpha value is -2.05. The summed E-state index contributed by atoms with van der Waals surface area (Å²) in [6.07, 6.45) is 0. The summed E-state index contributed by atoms with van der Waals surface area (Å²) in [5, 5.41) is 4.67. The predicted molar refractivity (Wildman–Crippen MR) is 66.5 cm³/mol. The summed E-state index contributed by atoms with van der Waals surface area (Å²) < 4.78 is 39.0. The first kappa shape index (κ1) is 16.0. The minimum Gasteiger partial charge on any atom is -0.354 e. The van der Waals surface area contributed by atoms with Crippen molar-refractivity contribution in [2.45, 2.75) is 13.8 Å². The molecule has 1 rings (SSSR count). The number of hydrogen-bond acceptors (Lipinski definition) is 2. The highest BCUT2D eigenvalue weighted by Crippen LogP contribution is 2.14.